The van der Waals surface area contributed by atoms with Crippen molar-refractivity contribution in [2.45, 2.75) is 38.3 Å². The monoisotopic (exact) mass is 418 g/mol. The van der Waals surface area contributed by atoms with E-state index in [1.165, 1.54) is 0 Å². The predicted molar refractivity (Wildman–Crippen MR) is 126 cm³/mol. The van der Waals surface area contributed by atoms with Crippen molar-refractivity contribution >= 4 is 34.3 Å². The molecule has 4 rings (SSSR count). The summed E-state index contributed by atoms with van der Waals surface area (Å²) in [6.45, 7) is 0.514. The number of para-hydroxylation sites is 1. The highest BCUT2D eigenvalue weighted by Gasteiger charge is 2.26. The number of fused-ring (bicyclic) bond motifs is 1. The smallest absolute Gasteiger partial charge is 0.225 e. The number of aromatic nitrogens is 2. The van der Waals surface area contributed by atoms with Crippen molar-refractivity contribution in [1.82, 2.24) is 15.3 Å². The number of carbonyl (C=O) groups excluding carboxylic acids is 1. The fourth-order valence-electron chi connectivity index (χ4n) is 4.18. The lowest BCUT2D eigenvalue weighted by Crippen LogP contribution is -2.35. The predicted octanol–water partition coefficient (Wildman–Crippen LogP) is 3.57. The molecular weight excluding hydrogens is 388 g/mol. The maximum absolute atomic E-state index is 12.6. The Labute approximate surface area is 183 Å². The average molecular weight is 419 g/mol. The first kappa shape index (κ1) is 20.9. The van der Waals surface area contributed by atoms with E-state index in [0.717, 1.165) is 48.0 Å². The van der Waals surface area contributed by atoms with Gasteiger partial charge in [0.1, 0.15) is 5.82 Å². The number of nitrogens with zero attached hydrogens (tertiary/aromatic N) is 3. The highest BCUT2D eigenvalue weighted by molar-refractivity contribution is 5.90. The van der Waals surface area contributed by atoms with Gasteiger partial charge in [-0.2, -0.15) is 4.98 Å². The lowest BCUT2D eigenvalue weighted by atomic mass is 9.85. The first-order valence-corrected chi connectivity index (χ1v) is 10.8. The van der Waals surface area contributed by atoms with Gasteiger partial charge in [0, 0.05) is 43.7 Å². The summed E-state index contributed by atoms with van der Waals surface area (Å²) in [6, 6.07) is 15.9. The van der Waals surface area contributed by atoms with Gasteiger partial charge in [0.05, 0.1) is 5.52 Å². The van der Waals surface area contributed by atoms with Crippen molar-refractivity contribution in [2.75, 3.05) is 30.0 Å². The molecule has 4 N–H and O–H groups in total. The second-order valence-corrected chi connectivity index (χ2v) is 8.44. The maximum atomic E-state index is 12.6. The molecule has 1 aromatic heterocycles. The molecule has 0 bridgehead atoms. The Morgan fingerprint density at radius 2 is 1.84 bits per heavy atom. The number of nitrogens with one attached hydrogen (secondary N) is 2. The highest BCUT2D eigenvalue weighted by atomic mass is 16.1. The van der Waals surface area contributed by atoms with Crippen LogP contribution < -0.4 is 21.3 Å². The van der Waals surface area contributed by atoms with E-state index in [2.05, 4.69) is 10.6 Å². The lowest BCUT2D eigenvalue weighted by molar-refractivity contribution is -0.126. The van der Waals surface area contributed by atoms with Gasteiger partial charge in [-0.25, -0.2) is 4.98 Å². The summed E-state index contributed by atoms with van der Waals surface area (Å²) in [6.07, 6.45) is 3.55. The topological polar surface area (TPSA) is 96.2 Å². The van der Waals surface area contributed by atoms with Crippen LogP contribution >= 0.6 is 0 Å². The van der Waals surface area contributed by atoms with Gasteiger partial charge in [0.25, 0.3) is 0 Å². The van der Waals surface area contributed by atoms with Gasteiger partial charge in [0.15, 0.2) is 0 Å². The van der Waals surface area contributed by atoms with Crippen LogP contribution in [0.1, 0.15) is 31.2 Å². The number of hydrogen-bond donors (Lipinski definition) is 3. The van der Waals surface area contributed by atoms with Gasteiger partial charge >= 0.3 is 0 Å². The van der Waals surface area contributed by atoms with Gasteiger partial charge in [-0.05, 0) is 55.5 Å². The van der Waals surface area contributed by atoms with E-state index >= 15 is 0 Å². The molecule has 0 atom stereocenters. The second kappa shape index (κ2) is 9.20. The SMILES string of the molecule is CN(C)c1nc(N[C@H]2CC[C@@H](C(=O)NCc3cccc(N)c3)CC2)nc2ccccc12. The van der Waals surface area contributed by atoms with Crippen LogP contribution in [0.15, 0.2) is 48.5 Å². The summed E-state index contributed by atoms with van der Waals surface area (Å²) in [5, 5.41) is 7.59. The molecule has 1 fully saturated rings. The van der Waals surface area contributed by atoms with Crippen LogP contribution in [0.5, 0.6) is 0 Å². The maximum Gasteiger partial charge on any atom is 0.225 e. The summed E-state index contributed by atoms with van der Waals surface area (Å²) >= 11 is 0. The van der Waals surface area contributed by atoms with Crippen LogP contribution in [0.25, 0.3) is 10.9 Å². The molecule has 0 saturated heterocycles. The zero-order valence-corrected chi connectivity index (χ0v) is 18.1. The Morgan fingerprint density at radius 3 is 2.58 bits per heavy atom. The fourth-order valence-corrected chi connectivity index (χ4v) is 4.18. The van der Waals surface area contributed by atoms with Crippen molar-refractivity contribution in [2.24, 2.45) is 5.92 Å². The molecule has 1 heterocycles. The number of rotatable bonds is 6. The van der Waals surface area contributed by atoms with E-state index in [1.54, 1.807) is 0 Å². The molecule has 7 heteroatoms. The zero-order valence-electron chi connectivity index (χ0n) is 18.1. The Bertz CT molecular complexity index is 1060. The van der Waals surface area contributed by atoms with Crippen molar-refractivity contribution in [1.29, 1.82) is 0 Å². The van der Waals surface area contributed by atoms with Gasteiger partial charge in [-0.3, -0.25) is 4.79 Å². The second-order valence-electron chi connectivity index (χ2n) is 8.44. The number of benzene rings is 2. The van der Waals surface area contributed by atoms with Crippen LogP contribution in [0, 0.1) is 5.92 Å². The van der Waals surface area contributed by atoms with Crippen LogP contribution in [0.4, 0.5) is 17.5 Å². The van der Waals surface area contributed by atoms with Gasteiger partial charge in [-0.15, -0.1) is 0 Å². The number of hydrogen-bond acceptors (Lipinski definition) is 6. The molecule has 0 radical (unpaired) electrons. The Hall–Kier alpha value is -3.35. The van der Waals surface area contributed by atoms with Crippen molar-refractivity contribution in [3.63, 3.8) is 0 Å². The molecule has 1 amide bonds. The summed E-state index contributed by atoms with van der Waals surface area (Å²) in [5.74, 6) is 1.73. The largest absolute Gasteiger partial charge is 0.399 e. The third-order valence-corrected chi connectivity index (χ3v) is 5.86. The summed E-state index contributed by atoms with van der Waals surface area (Å²) in [7, 11) is 3.98. The molecule has 3 aromatic rings. The highest BCUT2D eigenvalue weighted by Crippen LogP contribution is 2.28. The third-order valence-electron chi connectivity index (χ3n) is 5.86. The molecule has 162 valence electrons. The third kappa shape index (κ3) is 5.05. The molecule has 2 aromatic carbocycles. The molecule has 0 aliphatic heterocycles. The Morgan fingerprint density at radius 1 is 1.06 bits per heavy atom. The quantitative estimate of drug-likeness (QED) is 0.530. The van der Waals surface area contributed by atoms with Crippen LogP contribution in [-0.2, 0) is 11.3 Å². The van der Waals surface area contributed by atoms with Crippen LogP contribution in [0.3, 0.4) is 0 Å². The van der Waals surface area contributed by atoms with Crippen LogP contribution in [0.2, 0.25) is 0 Å². The average Bonchev–Trinajstić information content (AvgIpc) is 2.77. The minimum atomic E-state index is 0.0500. The molecule has 1 aliphatic rings. The molecule has 0 spiro atoms. The van der Waals surface area contributed by atoms with Crippen molar-refractivity contribution in [3.8, 4) is 0 Å². The van der Waals surface area contributed by atoms with Gasteiger partial charge < -0.3 is 21.3 Å². The fraction of sp³-hybridized carbons (Fsp3) is 0.375. The van der Waals surface area contributed by atoms with E-state index in [1.807, 2.05) is 67.5 Å². The summed E-state index contributed by atoms with van der Waals surface area (Å²) in [4.78, 5) is 24.0. The Kier molecular flexibility index (Phi) is 6.21. The van der Waals surface area contributed by atoms with E-state index in [4.69, 9.17) is 15.7 Å². The zero-order chi connectivity index (χ0) is 21.8. The Balaban J connectivity index is 1.33. The summed E-state index contributed by atoms with van der Waals surface area (Å²) < 4.78 is 0. The van der Waals surface area contributed by atoms with Gasteiger partial charge in [0.2, 0.25) is 11.9 Å². The van der Waals surface area contributed by atoms with E-state index in [0.29, 0.717) is 18.2 Å². The standard InChI is InChI=1S/C24H30N6O/c1-30(2)22-20-8-3-4-9-21(20)28-24(29-22)27-19-12-10-17(11-13-19)23(31)26-15-16-6-5-7-18(25)14-16/h3-9,14,17,19H,10-13,15,25H2,1-2H3,(H,26,31)(H,27,28,29)/t17-,19+. The van der Waals surface area contributed by atoms with Crippen molar-refractivity contribution in [3.05, 3.63) is 54.1 Å². The number of nitrogen functional groups attached to an aromatic ring is 1. The molecular formula is C24H30N6O. The minimum absolute atomic E-state index is 0.0500. The van der Waals surface area contributed by atoms with Crippen molar-refractivity contribution < 1.29 is 4.79 Å². The molecule has 31 heavy (non-hydrogen) atoms. The van der Waals surface area contributed by atoms with E-state index in [-0.39, 0.29) is 17.9 Å². The lowest BCUT2D eigenvalue weighted by Gasteiger charge is -2.28. The number of nitrogens with two attached hydrogens (primary N) is 1. The summed E-state index contributed by atoms with van der Waals surface area (Å²) in [5.41, 5.74) is 8.48. The van der Waals surface area contributed by atoms with Crippen LogP contribution in [-0.4, -0.2) is 36.0 Å². The van der Waals surface area contributed by atoms with E-state index in [9.17, 15) is 4.79 Å². The molecule has 0 unspecified atom stereocenters. The van der Waals surface area contributed by atoms with Gasteiger partial charge in [-0.1, -0.05) is 24.3 Å². The normalized spacial score (nSPS) is 18.5. The number of amides is 1. The first-order chi connectivity index (χ1) is 15.0. The molecule has 1 saturated carbocycles. The number of carbonyl (C=O) groups is 1. The molecule has 1 aliphatic carbocycles. The van der Waals surface area contributed by atoms with E-state index < -0.39 is 0 Å². The first-order valence-electron chi connectivity index (χ1n) is 10.8. The molecule has 7 nitrogen and oxygen atoms in total. The number of anilines is 3. The minimum Gasteiger partial charge on any atom is -0.399 e.